The molecule has 0 fully saturated rings. The molecule has 2 aromatic carbocycles. The number of rotatable bonds is 7. The Kier molecular flexibility index (Phi) is 6.82. The van der Waals surface area contributed by atoms with Gasteiger partial charge in [0.15, 0.2) is 0 Å². The van der Waals surface area contributed by atoms with Crippen LogP contribution in [-0.4, -0.2) is 40.1 Å². The van der Waals surface area contributed by atoms with Gasteiger partial charge < -0.3 is 20.5 Å². The Morgan fingerprint density at radius 3 is 2.21 bits per heavy atom. The van der Waals surface area contributed by atoms with Crippen LogP contribution >= 0.6 is 0 Å². The Morgan fingerprint density at radius 1 is 1.04 bits per heavy atom. The second kappa shape index (κ2) is 8.90. The van der Waals surface area contributed by atoms with Crippen molar-refractivity contribution in [2.75, 3.05) is 0 Å². The molecular formula is C18H17BF3NO5. The van der Waals surface area contributed by atoms with Gasteiger partial charge >= 0.3 is 19.3 Å². The largest absolute Gasteiger partial charge is 0.478 e. The van der Waals surface area contributed by atoms with E-state index >= 15 is 0 Å². The molecule has 1 unspecified atom stereocenters. The van der Waals surface area contributed by atoms with E-state index < -0.39 is 36.7 Å². The second-order valence-corrected chi connectivity index (χ2v) is 6.17. The minimum absolute atomic E-state index is 0.0137. The summed E-state index contributed by atoms with van der Waals surface area (Å²) in [6.07, 6.45) is -4.77. The highest BCUT2D eigenvalue weighted by Crippen LogP contribution is 2.29. The molecule has 148 valence electrons. The molecule has 0 saturated heterocycles. The van der Waals surface area contributed by atoms with Gasteiger partial charge in [0.25, 0.3) is 0 Å². The molecule has 10 heteroatoms. The summed E-state index contributed by atoms with van der Waals surface area (Å²) in [7, 11) is -1.91. The number of carboxylic acids is 1. The smallest absolute Gasteiger partial charge is 0.475 e. The van der Waals surface area contributed by atoms with E-state index in [1.807, 2.05) is 0 Å². The predicted molar refractivity (Wildman–Crippen MR) is 94.4 cm³/mol. The van der Waals surface area contributed by atoms with Gasteiger partial charge in [-0.15, -0.1) is 0 Å². The summed E-state index contributed by atoms with van der Waals surface area (Å²) in [5, 5.41) is 30.4. The molecule has 0 spiro atoms. The summed E-state index contributed by atoms with van der Waals surface area (Å²) in [6.45, 7) is 0. The van der Waals surface area contributed by atoms with Gasteiger partial charge in [0.05, 0.1) is 23.5 Å². The van der Waals surface area contributed by atoms with E-state index in [1.165, 1.54) is 30.3 Å². The summed E-state index contributed by atoms with van der Waals surface area (Å²) in [4.78, 5) is 23.1. The van der Waals surface area contributed by atoms with E-state index in [2.05, 4.69) is 5.32 Å². The predicted octanol–water partition coefficient (Wildman–Crippen LogP) is 1.69. The zero-order valence-electron chi connectivity index (χ0n) is 14.5. The molecule has 0 heterocycles. The van der Waals surface area contributed by atoms with E-state index in [0.717, 1.165) is 12.1 Å². The molecule has 0 saturated carbocycles. The monoisotopic (exact) mass is 395 g/mol. The van der Waals surface area contributed by atoms with Crippen molar-refractivity contribution in [1.82, 2.24) is 5.32 Å². The van der Waals surface area contributed by atoms with Crippen LogP contribution in [0.2, 0.25) is 0 Å². The lowest BCUT2D eigenvalue weighted by molar-refractivity contribution is -0.137. The minimum atomic E-state index is -4.47. The number of alkyl halides is 3. The van der Waals surface area contributed by atoms with Crippen molar-refractivity contribution in [3.63, 3.8) is 0 Å². The molecule has 1 amide bonds. The number of aromatic carboxylic acids is 1. The Morgan fingerprint density at radius 2 is 1.68 bits per heavy atom. The third kappa shape index (κ3) is 6.10. The minimum Gasteiger partial charge on any atom is -0.478 e. The number of hydrogen-bond donors (Lipinski definition) is 4. The van der Waals surface area contributed by atoms with Crippen molar-refractivity contribution < 1.29 is 37.9 Å². The number of carbonyl (C=O) groups excluding carboxylic acids is 1. The van der Waals surface area contributed by atoms with E-state index in [-0.39, 0.29) is 18.4 Å². The van der Waals surface area contributed by atoms with Gasteiger partial charge in [-0.05, 0) is 41.8 Å². The average molecular weight is 395 g/mol. The maximum Gasteiger partial charge on any atom is 0.475 e. The van der Waals surface area contributed by atoms with Crippen LogP contribution in [0.5, 0.6) is 0 Å². The summed E-state index contributed by atoms with van der Waals surface area (Å²) in [5.41, 5.74) is -0.0317. The molecule has 4 N–H and O–H groups in total. The van der Waals surface area contributed by atoms with Crippen molar-refractivity contribution in [3.8, 4) is 0 Å². The lowest BCUT2D eigenvalue weighted by Crippen LogP contribution is -2.48. The van der Waals surface area contributed by atoms with E-state index in [0.29, 0.717) is 11.1 Å². The van der Waals surface area contributed by atoms with E-state index in [9.17, 15) is 32.8 Å². The molecule has 6 nitrogen and oxygen atoms in total. The molecule has 2 rings (SSSR count). The third-order valence-electron chi connectivity index (χ3n) is 3.98. The first-order chi connectivity index (χ1) is 13.1. The zero-order chi connectivity index (χ0) is 20.9. The summed E-state index contributed by atoms with van der Waals surface area (Å²) >= 11 is 0. The molecule has 0 aromatic heterocycles. The molecule has 0 bridgehead atoms. The third-order valence-corrected chi connectivity index (χ3v) is 3.98. The van der Waals surface area contributed by atoms with Crippen LogP contribution in [0, 0.1) is 0 Å². The van der Waals surface area contributed by atoms with Crippen LogP contribution in [0.15, 0.2) is 48.5 Å². The maximum atomic E-state index is 12.6. The number of benzene rings is 2. The highest BCUT2D eigenvalue weighted by molar-refractivity contribution is 6.43. The van der Waals surface area contributed by atoms with Crippen LogP contribution in [0.1, 0.15) is 27.0 Å². The van der Waals surface area contributed by atoms with Gasteiger partial charge in [0, 0.05) is 0 Å². The average Bonchev–Trinajstić information content (AvgIpc) is 2.61. The lowest BCUT2D eigenvalue weighted by Gasteiger charge is -2.18. The topological polar surface area (TPSA) is 107 Å². The summed E-state index contributed by atoms with van der Waals surface area (Å²) in [5.74, 6) is -2.88. The summed E-state index contributed by atoms with van der Waals surface area (Å²) < 4.78 is 37.7. The zero-order valence-corrected chi connectivity index (χ0v) is 14.5. The SMILES string of the molecule is O=C(Cc1ccc(C(F)(F)F)cc1)NC(Cc1cccc(C(=O)O)c1)B(O)O. The van der Waals surface area contributed by atoms with Crippen molar-refractivity contribution in [2.45, 2.75) is 25.0 Å². The molecule has 28 heavy (non-hydrogen) atoms. The van der Waals surface area contributed by atoms with Crippen LogP contribution in [0.4, 0.5) is 13.2 Å². The van der Waals surface area contributed by atoms with Crippen LogP contribution in [-0.2, 0) is 23.8 Å². The first kappa shape index (κ1) is 21.5. The van der Waals surface area contributed by atoms with Crippen LogP contribution in [0.3, 0.4) is 0 Å². The Bertz CT molecular complexity index is 840. The normalized spacial score (nSPS) is 12.3. The summed E-state index contributed by atoms with van der Waals surface area (Å²) in [6, 6.07) is 9.84. The van der Waals surface area contributed by atoms with Crippen molar-refractivity contribution in [3.05, 3.63) is 70.8 Å². The Hall–Kier alpha value is -2.85. The fourth-order valence-corrected chi connectivity index (χ4v) is 2.57. The first-order valence-corrected chi connectivity index (χ1v) is 8.20. The molecular weight excluding hydrogens is 378 g/mol. The fraction of sp³-hybridized carbons (Fsp3) is 0.222. The Labute approximate surface area is 158 Å². The number of halogens is 3. The molecule has 2 aromatic rings. The highest BCUT2D eigenvalue weighted by Gasteiger charge is 2.30. The molecule has 0 aliphatic rings. The van der Waals surface area contributed by atoms with Crippen LogP contribution in [0.25, 0.3) is 0 Å². The fourth-order valence-electron chi connectivity index (χ4n) is 2.57. The number of carbonyl (C=O) groups is 2. The number of hydrogen-bond acceptors (Lipinski definition) is 4. The Balaban J connectivity index is 2.02. The number of nitrogens with one attached hydrogen (secondary N) is 1. The molecule has 0 aliphatic heterocycles. The maximum absolute atomic E-state index is 12.6. The van der Waals surface area contributed by atoms with E-state index in [4.69, 9.17) is 5.11 Å². The van der Waals surface area contributed by atoms with Gasteiger partial charge in [0.1, 0.15) is 0 Å². The first-order valence-electron chi connectivity index (χ1n) is 8.20. The van der Waals surface area contributed by atoms with Crippen molar-refractivity contribution in [1.29, 1.82) is 0 Å². The van der Waals surface area contributed by atoms with Gasteiger partial charge in [-0.1, -0.05) is 24.3 Å². The molecule has 0 radical (unpaired) electrons. The number of amides is 1. The van der Waals surface area contributed by atoms with Crippen molar-refractivity contribution in [2.24, 2.45) is 0 Å². The van der Waals surface area contributed by atoms with Gasteiger partial charge in [-0.2, -0.15) is 13.2 Å². The van der Waals surface area contributed by atoms with Gasteiger partial charge in [-0.3, -0.25) is 4.79 Å². The second-order valence-electron chi connectivity index (χ2n) is 6.17. The van der Waals surface area contributed by atoms with Gasteiger partial charge in [0.2, 0.25) is 5.91 Å². The lowest BCUT2D eigenvalue weighted by atomic mass is 9.75. The van der Waals surface area contributed by atoms with Gasteiger partial charge in [-0.25, -0.2) is 4.79 Å². The van der Waals surface area contributed by atoms with Crippen molar-refractivity contribution >= 4 is 19.0 Å². The van der Waals surface area contributed by atoms with Crippen LogP contribution < -0.4 is 5.32 Å². The molecule has 1 atom stereocenters. The van der Waals surface area contributed by atoms with E-state index in [1.54, 1.807) is 6.07 Å². The highest BCUT2D eigenvalue weighted by atomic mass is 19.4. The standard InChI is InChI=1S/C18H17BF3NO5/c20-18(21,22)14-6-4-11(5-7-14)10-16(24)23-15(19(27)28)9-12-2-1-3-13(8-12)17(25)26/h1-8,15,27-28H,9-10H2,(H,23,24)(H,25,26). The molecule has 0 aliphatic carbocycles. The quantitative estimate of drug-likeness (QED) is 0.534. The number of carboxylic acid groups (broad SMARTS) is 1.